The van der Waals surface area contributed by atoms with Crippen molar-refractivity contribution < 1.29 is 14.3 Å². The van der Waals surface area contributed by atoms with Crippen LogP contribution in [0.15, 0.2) is 42.5 Å². The van der Waals surface area contributed by atoms with Crippen LogP contribution in [0.25, 0.3) is 0 Å². The van der Waals surface area contributed by atoms with E-state index in [1.807, 2.05) is 42.5 Å². The number of nitrogens with one attached hydrogen (secondary N) is 1. The average Bonchev–Trinajstić information content (AvgIpc) is 2.59. The molecule has 2 aromatic carbocycles. The number of carbonyl (C=O) groups excluding carboxylic acids is 1. The molecule has 0 aromatic heterocycles. The first kappa shape index (κ1) is 17.9. The predicted octanol–water partition coefficient (Wildman–Crippen LogP) is 3.83. The monoisotopic (exact) mass is 327 g/mol. The van der Waals surface area contributed by atoms with E-state index >= 15 is 0 Å². The fourth-order valence-electron chi connectivity index (χ4n) is 2.54. The van der Waals surface area contributed by atoms with Gasteiger partial charge in [0.15, 0.2) is 11.5 Å². The lowest BCUT2D eigenvalue weighted by Crippen LogP contribution is -2.22. The molecule has 0 atom stereocenters. The molecule has 2 rings (SSSR count). The Kier molecular flexibility index (Phi) is 6.24. The number of carbonyl (C=O) groups is 1. The average molecular weight is 327 g/mol. The molecular weight excluding hydrogens is 302 g/mol. The number of benzene rings is 2. The molecule has 0 aliphatic carbocycles. The Morgan fingerprint density at radius 1 is 0.958 bits per heavy atom. The van der Waals surface area contributed by atoms with Crippen LogP contribution in [0.3, 0.4) is 0 Å². The smallest absolute Gasteiger partial charge is 0.251 e. The Bertz CT molecular complexity index is 678. The van der Waals surface area contributed by atoms with Crippen molar-refractivity contribution in [2.24, 2.45) is 5.92 Å². The maximum absolute atomic E-state index is 12.3. The Labute approximate surface area is 143 Å². The molecule has 0 bridgehead atoms. The Balaban J connectivity index is 1.97. The highest BCUT2D eigenvalue weighted by Gasteiger charge is 2.08. The number of rotatable bonds is 7. The molecule has 1 N–H and O–H groups in total. The topological polar surface area (TPSA) is 47.6 Å². The van der Waals surface area contributed by atoms with Crippen molar-refractivity contribution in [2.75, 3.05) is 14.2 Å². The van der Waals surface area contributed by atoms with Crippen LogP contribution >= 0.6 is 0 Å². The number of methoxy groups -OCH3 is 2. The summed E-state index contributed by atoms with van der Waals surface area (Å²) >= 11 is 0. The van der Waals surface area contributed by atoms with E-state index in [4.69, 9.17) is 9.47 Å². The Hall–Kier alpha value is -2.49. The molecule has 0 aliphatic heterocycles. The zero-order chi connectivity index (χ0) is 17.5. The predicted molar refractivity (Wildman–Crippen MR) is 95.7 cm³/mol. The minimum absolute atomic E-state index is 0.0825. The third kappa shape index (κ3) is 4.75. The van der Waals surface area contributed by atoms with Gasteiger partial charge in [0.2, 0.25) is 0 Å². The van der Waals surface area contributed by atoms with Crippen molar-refractivity contribution >= 4 is 5.91 Å². The summed E-state index contributed by atoms with van der Waals surface area (Å²) in [6.45, 7) is 4.81. The minimum Gasteiger partial charge on any atom is -0.493 e. The molecule has 0 unspecified atom stereocenters. The Morgan fingerprint density at radius 3 is 2.17 bits per heavy atom. The summed E-state index contributed by atoms with van der Waals surface area (Å²) < 4.78 is 10.5. The van der Waals surface area contributed by atoms with Crippen molar-refractivity contribution in [1.82, 2.24) is 5.32 Å². The summed E-state index contributed by atoms with van der Waals surface area (Å²) in [6, 6.07) is 13.4. The van der Waals surface area contributed by atoms with E-state index in [2.05, 4.69) is 19.2 Å². The molecule has 0 fully saturated rings. The van der Waals surface area contributed by atoms with E-state index in [1.165, 1.54) is 5.56 Å². The van der Waals surface area contributed by atoms with Gasteiger partial charge in [-0.15, -0.1) is 0 Å². The zero-order valence-electron chi connectivity index (χ0n) is 14.8. The molecule has 0 saturated carbocycles. The first-order chi connectivity index (χ1) is 11.5. The molecule has 4 nitrogen and oxygen atoms in total. The van der Waals surface area contributed by atoms with Crippen LogP contribution in [0.2, 0.25) is 0 Å². The van der Waals surface area contributed by atoms with E-state index in [0.717, 1.165) is 12.0 Å². The summed E-state index contributed by atoms with van der Waals surface area (Å²) in [7, 11) is 3.20. The first-order valence-corrected chi connectivity index (χ1v) is 8.11. The highest BCUT2D eigenvalue weighted by molar-refractivity contribution is 5.94. The summed E-state index contributed by atoms with van der Waals surface area (Å²) in [5, 5.41) is 2.93. The largest absolute Gasteiger partial charge is 0.493 e. The lowest BCUT2D eigenvalue weighted by atomic mass is 10.0. The minimum atomic E-state index is -0.0825. The van der Waals surface area contributed by atoms with Crippen molar-refractivity contribution in [3.05, 3.63) is 59.2 Å². The van der Waals surface area contributed by atoms with E-state index < -0.39 is 0 Å². The number of ether oxygens (including phenoxy) is 2. The van der Waals surface area contributed by atoms with Crippen molar-refractivity contribution in [2.45, 2.75) is 26.8 Å². The fraction of sp³-hybridized carbons (Fsp3) is 0.350. The normalized spacial score (nSPS) is 10.5. The summed E-state index contributed by atoms with van der Waals surface area (Å²) in [4.78, 5) is 12.3. The van der Waals surface area contributed by atoms with Crippen LogP contribution in [0.5, 0.6) is 11.5 Å². The summed E-state index contributed by atoms with van der Waals surface area (Å²) in [5.41, 5.74) is 2.88. The second-order valence-corrected chi connectivity index (χ2v) is 6.17. The van der Waals surface area contributed by atoms with Gasteiger partial charge in [0.05, 0.1) is 14.2 Å². The molecule has 0 aliphatic rings. The molecular formula is C20H25NO3. The molecule has 0 spiro atoms. The van der Waals surface area contributed by atoms with E-state index in [-0.39, 0.29) is 5.91 Å². The Morgan fingerprint density at radius 2 is 1.58 bits per heavy atom. The van der Waals surface area contributed by atoms with E-state index in [0.29, 0.717) is 29.5 Å². The van der Waals surface area contributed by atoms with Crippen LogP contribution in [-0.4, -0.2) is 20.1 Å². The lowest BCUT2D eigenvalue weighted by molar-refractivity contribution is 0.0951. The third-order valence-electron chi connectivity index (χ3n) is 3.76. The van der Waals surface area contributed by atoms with Crippen LogP contribution in [0.4, 0.5) is 0 Å². The number of hydrogen-bond donors (Lipinski definition) is 1. The lowest BCUT2D eigenvalue weighted by Gasteiger charge is -2.11. The fourth-order valence-corrected chi connectivity index (χ4v) is 2.54. The van der Waals surface area contributed by atoms with Gasteiger partial charge in [-0.3, -0.25) is 4.79 Å². The molecule has 4 heteroatoms. The standard InChI is InChI=1S/C20H25NO3/c1-14(2)11-15-5-8-17(9-6-15)20(22)21-13-16-7-10-18(23-3)19(12-16)24-4/h5-10,12,14H,11,13H2,1-4H3,(H,21,22). The van der Waals surface area contributed by atoms with Crippen LogP contribution in [0.1, 0.15) is 35.3 Å². The van der Waals surface area contributed by atoms with E-state index in [1.54, 1.807) is 14.2 Å². The second kappa shape index (κ2) is 8.39. The van der Waals surface area contributed by atoms with Gasteiger partial charge in [0.25, 0.3) is 5.91 Å². The summed E-state index contributed by atoms with van der Waals surface area (Å²) in [6.07, 6.45) is 1.02. The van der Waals surface area contributed by atoms with Crippen molar-refractivity contribution in [3.8, 4) is 11.5 Å². The number of amides is 1. The quantitative estimate of drug-likeness (QED) is 0.841. The van der Waals surface area contributed by atoms with Gasteiger partial charge >= 0.3 is 0 Å². The van der Waals surface area contributed by atoms with E-state index in [9.17, 15) is 4.79 Å². The molecule has 2 aromatic rings. The number of hydrogen-bond acceptors (Lipinski definition) is 3. The molecule has 0 heterocycles. The molecule has 0 saturated heterocycles. The van der Waals surface area contributed by atoms with Gasteiger partial charge < -0.3 is 14.8 Å². The van der Waals surface area contributed by atoms with Gasteiger partial charge in [-0.1, -0.05) is 32.0 Å². The van der Waals surface area contributed by atoms with Gasteiger partial charge in [-0.05, 0) is 47.7 Å². The van der Waals surface area contributed by atoms with Crippen LogP contribution < -0.4 is 14.8 Å². The molecule has 128 valence electrons. The van der Waals surface area contributed by atoms with Crippen LogP contribution in [0, 0.1) is 5.92 Å². The van der Waals surface area contributed by atoms with Gasteiger partial charge in [0.1, 0.15) is 0 Å². The first-order valence-electron chi connectivity index (χ1n) is 8.11. The van der Waals surface area contributed by atoms with Crippen LogP contribution in [-0.2, 0) is 13.0 Å². The zero-order valence-corrected chi connectivity index (χ0v) is 14.8. The summed E-state index contributed by atoms with van der Waals surface area (Å²) in [5.74, 6) is 1.85. The molecule has 1 amide bonds. The van der Waals surface area contributed by atoms with Gasteiger partial charge in [0, 0.05) is 12.1 Å². The highest BCUT2D eigenvalue weighted by atomic mass is 16.5. The maximum atomic E-state index is 12.3. The second-order valence-electron chi connectivity index (χ2n) is 6.17. The SMILES string of the molecule is COc1ccc(CNC(=O)c2ccc(CC(C)C)cc2)cc1OC. The molecule has 0 radical (unpaired) electrons. The highest BCUT2D eigenvalue weighted by Crippen LogP contribution is 2.27. The van der Waals surface area contributed by atoms with Crippen molar-refractivity contribution in [1.29, 1.82) is 0 Å². The van der Waals surface area contributed by atoms with Gasteiger partial charge in [-0.25, -0.2) is 0 Å². The van der Waals surface area contributed by atoms with Crippen molar-refractivity contribution in [3.63, 3.8) is 0 Å². The van der Waals surface area contributed by atoms with Gasteiger partial charge in [-0.2, -0.15) is 0 Å². The molecule has 24 heavy (non-hydrogen) atoms. The third-order valence-corrected chi connectivity index (χ3v) is 3.76. The maximum Gasteiger partial charge on any atom is 0.251 e.